The summed E-state index contributed by atoms with van der Waals surface area (Å²) in [5, 5.41) is 3.03. The molecule has 0 aromatic carbocycles. The van der Waals surface area contributed by atoms with Gasteiger partial charge in [0.25, 0.3) is 0 Å². The number of piperazine rings is 1. The van der Waals surface area contributed by atoms with Gasteiger partial charge in [-0.05, 0) is 12.8 Å². The van der Waals surface area contributed by atoms with Gasteiger partial charge in [0.05, 0.1) is 18.8 Å². The van der Waals surface area contributed by atoms with Crippen molar-refractivity contribution in [3.63, 3.8) is 0 Å². The van der Waals surface area contributed by atoms with Gasteiger partial charge in [-0.25, -0.2) is 0 Å². The maximum Gasteiger partial charge on any atom is 0.233 e. The Morgan fingerprint density at radius 3 is 2.93 bits per heavy atom. The lowest BCUT2D eigenvalue weighted by molar-refractivity contribution is -0.740. The number of hydrogen-bond acceptors (Lipinski definition) is 2. The van der Waals surface area contributed by atoms with Crippen LogP contribution in [0.1, 0.15) is 32.1 Å². The Bertz CT molecular complexity index is 270. The van der Waals surface area contributed by atoms with E-state index in [2.05, 4.69) is 10.2 Å². The molecule has 0 aromatic rings. The molecule has 1 amide bonds. The lowest BCUT2D eigenvalue weighted by atomic mass is 9.80. The van der Waals surface area contributed by atoms with Gasteiger partial charge in [0.15, 0.2) is 0 Å². The average Bonchev–Trinajstić information content (AvgIpc) is 2.64. The number of carbonyl (C=O) groups excluding carboxylic acids is 1. The molecule has 15 heavy (non-hydrogen) atoms. The van der Waals surface area contributed by atoms with Gasteiger partial charge in [-0.15, -0.1) is 11.8 Å². The third-order valence-electron chi connectivity index (χ3n) is 4.17. The predicted octanol–water partition coefficient (Wildman–Crippen LogP) is 0.168. The van der Waals surface area contributed by atoms with Crippen molar-refractivity contribution in [3.05, 3.63) is 0 Å². The number of nitrogens with two attached hydrogens (primary N) is 1. The molecule has 2 aliphatic heterocycles. The molecule has 3 aliphatic rings. The third-order valence-corrected chi connectivity index (χ3v) is 5.62. The quantitative estimate of drug-likeness (QED) is 0.640. The van der Waals surface area contributed by atoms with E-state index in [9.17, 15) is 4.79 Å². The second kappa shape index (κ2) is 3.67. The average molecular weight is 227 g/mol. The number of rotatable bonds is 0. The minimum absolute atomic E-state index is 0.378. The van der Waals surface area contributed by atoms with Gasteiger partial charge in [-0.1, -0.05) is 6.42 Å². The van der Waals surface area contributed by atoms with Crippen LogP contribution in [0, 0.1) is 0 Å². The van der Waals surface area contributed by atoms with Crippen LogP contribution in [0.4, 0.5) is 0 Å². The summed E-state index contributed by atoms with van der Waals surface area (Å²) >= 11 is 1.88. The maximum atomic E-state index is 11.7. The summed E-state index contributed by atoms with van der Waals surface area (Å²) in [7, 11) is 0. The van der Waals surface area contributed by atoms with Crippen LogP contribution in [0.2, 0.25) is 0 Å². The Balaban J connectivity index is 1.85. The summed E-state index contributed by atoms with van der Waals surface area (Å²) in [6.07, 6.45) is 6.73. The van der Waals surface area contributed by atoms with Gasteiger partial charge in [-0.3, -0.25) is 4.79 Å². The molecular formula is C11H19N2OS+. The SMILES string of the molecule is O=C1CSC2N1CC[NH2+]C21CCCCC1. The van der Waals surface area contributed by atoms with E-state index in [1.807, 2.05) is 11.8 Å². The van der Waals surface area contributed by atoms with Crippen LogP contribution in [0.3, 0.4) is 0 Å². The highest BCUT2D eigenvalue weighted by Gasteiger charge is 2.53. The summed E-state index contributed by atoms with van der Waals surface area (Å²) in [5.74, 6) is 1.10. The first-order valence-electron chi connectivity index (χ1n) is 6.07. The van der Waals surface area contributed by atoms with Crippen LogP contribution in [-0.2, 0) is 4.79 Å². The molecule has 0 radical (unpaired) electrons. The van der Waals surface area contributed by atoms with Crippen LogP contribution in [0.5, 0.6) is 0 Å². The molecule has 84 valence electrons. The maximum absolute atomic E-state index is 11.7. The summed E-state index contributed by atoms with van der Waals surface area (Å²) in [5.41, 5.74) is 0.382. The van der Waals surface area contributed by atoms with Crippen LogP contribution in [0.25, 0.3) is 0 Å². The monoisotopic (exact) mass is 227 g/mol. The fourth-order valence-electron chi connectivity index (χ4n) is 3.43. The smallest absolute Gasteiger partial charge is 0.233 e. The third kappa shape index (κ3) is 1.49. The van der Waals surface area contributed by atoms with Crippen molar-refractivity contribution in [3.8, 4) is 0 Å². The van der Waals surface area contributed by atoms with E-state index in [1.165, 1.54) is 32.1 Å². The highest BCUT2D eigenvalue weighted by molar-refractivity contribution is 8.01. The number of amides is 1. The molecule has 3 rings (SSSR count). The Hall–Kier alpha value is -0.220. The Morgan fingerprint density at radius 1 is 1.33 bits per heavy atom. The van der Waals surface area contributed by atoms with Gasteiger partial charge < -0.3 is 10.2 Å². The lowest BCUT2D eigenvalue weighted by Gasteiger charge is -2.46. The molecule has 1 aliphatic carbocycles. The molecule has 3 fully saturated rings. The highest BCUT2D eigenvalue weighted by Crippen LogP contribution is 2.40. The van der Waals surface area contributed by atoms with Crippen molar-refractivity contribution < 1.29 is 10.1 Å². The largest absolute Gasteiger partial charge is 0.337 e. The lowest BCUT2D eigenvalue weighted by Crippen LogP contribution is -3.03. The van der Waals surface area contributed by atoms with Crippen molar-refractivity contribution in [2.45, 2.75) is 43.0 Å². The normalized spacial score (nSPS) is 34.5. The molecule has 1 spiro atoms. The Morgan fingerprint density at radius 2 is 2.13 bits per heavy atom. The second-order valence-corrected chi connectivity index (χ2v) is 6.11. The Kier molecular flexibility index (Phi) is 2.44. The zero-order valence-electron chi connectivity index (χ0n) is 9.08. The van der Waals surface area contributed by atoms with Crippen molar-refractivity contribution in [2.75, 3.05) is 18.8 Å². The molecule has 3 nitrogen and oxygen atoms in total. The van der Waals surface area contributed by atoms with Gasteiger partial charge in [0, 0.05) is 12.8 Å². The van der Waals surface area contributed by atoms with Gasteiger partial charge in [-0.2, -0.15) is 0 Å². The minimum atomic E-state index is 0.378. The van der Waals surface area contributed by atoms with Crippen molar-refractivity contribution in [2.24, 2.45) is 0 Å². The van der Waals surface area contributed by atoms with Crippen molar-refractivity contribution >= 4 is 17.7 Å². The van der Waals surface area contributed by atoms with E-state index < -0.39 is 0 Å². The molecule has 0 bridgehead atoms. The first-order valence-corrected chi connectivity index (χ1v) is 7.12. The number of thioether (sulfide) groups is 1. The van der Waals surface area contributed by atoms with Gasteiger partial charge in [0.2, 0.25) is 5.91 Å². The fourth-order valence-corrected chi connectivity index (χ4v) is 4.96. The molecule has 2 heterocycles. The second-order valence-electron chi connectivity index (χ2n) is 5.04. The summed E-state index contributed by atoms with van der Waals surface area (Å²) in [6, 6.07) is 0. The van der Waals surface area contributed by atoms with E-state index in [4.69, 9.17) is 0 Å². The van der Waals surface area contributed by atoms with Gasteiger partial charge >= 0.3 is 0 Å². The molecule has 1 saturated carbocycles. The fraction of sp³-hybridized carbons (Fsp3) is 0.909. The predicted molar refractivity (Wildman–Crippen MR) is 60.6 cm³/mol. The first-order chi connectivity index (χ1) is 7.32. The highest BCUT2D eigenvalue weighted by atomic mass is 32.2. The van der Waals surface area contributed by atoms with Gasteiger partial charge in [0.1, 0.15) is 10.9 Å². The number of hydrogen-bond donors (Lipinski definition) is 1. The van der Waals surface area contributed by atoms with Crippen LogP contribution in [-0.4, -0.2) is 40.6 Å². The summed E-state index contributed by atoms with van der Waals surface area (Å²) < 4.78 is 0. The molecule has 2 saturated heterocycles. The summed E-state index contributed by atoms with van der Waals surface area (Å²) in [4.78, 5) is 13.9. The number of quaternary nitrogens is 1. The van der Waals surface area contributed by atoms with Crippen LogP contribution < -0.4 is 5.32 Å². The summed E-state index contributed by atoms with van der Waals surface area (Å²) in [6.45, 7) is 2.08. The minimum Gasteiger partial charge on any atom is -0.337 e. The van der Waals surface area contributed by atoms with Crippen LogP contribution in [0.15, 0.2) is 0 Å². The standard InChI is InChI=1S/C11H18N2OS/c14-9-8-15-10-11(4-2-1-3-5-11)12-6-7-13(9)10/h10,12H,1-8H2/p+1. The van der Waals surface area contributed by atoms with E-state index in [0.29, 0.717) is 16.8 Å². The van der Waals surface area contributed by atoms with Crippen molar-refractivity contribution in [1.29, 1.82) is 0 Å². The zero-order chi connectivity index (χ0) is 10.3. The van der Waals surface area contributed by atoms with E-state index >= 15 is 0 Å². The van der Waals surface area contributed by atoms with E-state index in [-0.39, 0.29) is 0 Å². The molecule has 2 N–H and O–H groups in total. The molecular weight excluding hydrogens is 208 g/mol. The van der Waals surface area contributed by atoms with E-state index in [0.717, 1.165) is 18.8 Å². The van der Waals surface area contributed by atoms with E-state index in [1.54, 1.807) is 0 Å². The zero-order valence-corrected chi connectivity index (χ0v) is 9.89. The molecule has 1 atom stereocenters. The molecule has 4 heteroatoms. The number of nitrogens with zero attached hydrogens (tertiary/aromatic N) is 1. The molecule has 0 aromatic heterocycles. The van der Waals surface area contributed by atoms with Crippen molar-refractivity contribution in [1.82, 2.24) is 4.90 Å². The number of fused-ring (bicyclic) bond motifs is 2. The topological polar surface area (TPSA) is 36.9 Å². The number of carbonyl (C=O) groups is 1. The Labute approximate surface area is 95.0 Å². The van der Waals surface area contributed by atoms with Crippen LogP contribution >= 0.6 is 11.8 Å². The first kappa shape index (κ1) is 9.97. The molecule has 1 unspecified atom stereocenters.